The van der Waals surface area contributed by atoms with Gasteiger partial charge < -0.3 is 15.8 Å². The van der Waals surface area contributed by atoms with Gasteiger partial charge in [-0.15, -0.1) is 0 Å². The van der Waals surface area contributed by atoms with Crippen molar-refractivity contribution in [1.82, 2.24) is 0 Å². The zero-order valence-corrected chi connectivity index (χ0v) is 11.1. The molecule has 0 aliphatic heterocycles. The molecule has 0 aromatic heterocycles. The molecule has 0 fully saturated rings. The number of amides is 1. The number of hydrogen-bond donors (Lipinski definition) is 2. The first-order chi connectivity index (χ1) is 9.11. The van der Waals surface area contributed by atoms with E-state index >= 15 is 0 Å². The van der Waals surface area contributed by atoms with Crippen LogP contribution in [0.5, 0.6) is 5.75 Å². The molecule has 4 nitrogen and oxygen atoms in total. The van der Waals surface area contributed by atoms with Crippen molar-refractivity contribution in [3.05, 3.63) is 53.1 Å². The summed E-state index contributed by atoms with van der Waals surface area (Å²) in [7, 11) is 1.49. The fourth-order valence-electron chi connectivity index (χ4n) is 1.65. The van der Waals surface area contributed by atoms with Gasteiger partial charge >= 0.3 is 0 Å². The van der Waals surface area contributed by atoms with Gasteiger partial charge in [0.2, 0.25) is 0 Å². The molecule has 3 N–H and O–H groups in total. The lowest BCUT2D eigenvalue weighted by Crippen LogP contribution is -2.13. The number of carbonyl (C=O) groups is 1. The minimum atomic E-state index is -0.301. The van der Waals surface area contributed by atoms with Crippen LogP contribution in [0.3, 0.4) is 0 Å². The number of rotatable bonds is 3. The van der Waals surface area contributed by atoms with Crippen LogP contribution in [0.15, 0.2) is 42.5 Å². The lowest BCUT2D eigenvalue weighted by molar-refractivity contribution is 0.102. The number of nitrogen functional groups attached to an aromatic ring is 1. The lowest BCUT2D eigenvalue weighted by Gasteiger charge is -2.10. The van der Waals surface area contributed by atoms with Crippen molar-refractivity contribution in [2.45, 2.75) is 0 Å². The van der Waals surface area contributed by atoms with E-state index < -0.39 is 0 Å². The van der Waals surface area contributed by atoms with Crippen LogP contribution in [0.4, 0.5) is 11.4 Å². The first-order valence-electron chi connectivity index (χ1n) is 5.61. The maximum Gasteiger partial charge on any atom is 0.259 e. The van der Waals surface area contributed by atoms with Crippen LogP contribution in [0.1, 0.15) is 10.4 Å². The van der Waals surface area contributed by atoms with Crippen molar-refractivity contribution in [3.63, 3.8) is 0 Å². The summed E-state index contributed by atoms with van der Waals surface area (Å²) in [6, 6.07) is 11.9. The highest BCUT2D eigenvalue weighted by atomic mass is 35.5. The highest BCUT2D eigenvalue weighted by molar-refractivity contribution is 6.33. The smallest absolute Gasteiger partial charge is 0.259 e. The van der Waals surface area contributed by atoms with E-state index in [-0.39, 0.29) is 5.91 Å². The predicted octanol–water partition coefficient (Wildman–Crippen LogP) is 3.18. The molecular formula is C14H13ClN2O2. The molecule has 0 atom stereocenters. The number of benzene rings is 2. The molecule has 98 valence electrons. The molecular weight excluding hydrogens is 264 g/mol. The van der Waals surface area contributed by atoms with Crippen LogP contribution in [0.2, 0.25) is 5.02 Å². The van der Waals surface area contributed by atoms with E-state index in [2.05, 4.69) is 5.32 Å². The number of carbonyl (C=O) groups excluding carboxylic acids is 1. The van der Waals surface area contributed by atoms with Crippen molar-refractivity contribution in [2.24, 2.45) is 0 Å². The second kappa shape index (κ2) is 5.63. The number of hydrogen-bond acceptors (Lipinski definition) is 3. The lowest BCUT2D eigenvalue weighted by atomic mass is 10.1. The number of methoxy groups -OCH3 is 1. The van der Waals surface area contributed by atoms with Gasteiger partial charge in [0.25, 0.3) is 5.91 Å². The van der Waals surface area contributed by atoms with E-state index in [9.17, 15) is 4.79 Å². The molecule has 5 heteroatoms. The topological polar surface area (TPSA) is 64.3 Å². The van der Waals surface area contributed by atoms with E-state index in [1.165, 1.54) is 7.11 Å². The molecule has 2 rings (SSSR count). The molecule has 0 spiro atoms. The molecule has 2 aromatic carbocycles. The number of para-hydroxylation sites is 1. The Morgan fingerprint density at radius 1 is 1.26 bits per heavy atom. The van der Waals surface area contributed by atoms with Crippen molar-refractivity contribution >= 4 is 28.9 Å². The van der Waals surface area contributed by atoms with E-state index in [1.807, 2.05) is 0 Å². The van der Waals surface area contributed by atoms with Crippen molar-refractivity contribution in [2.75, 3.05) is 18.2 Å². The average Bonchev–Trinajstić information content (AvgIpc) is 2.41. The van der Waals surface area contributed by atoms with Crippen molar-refractivity contribution in [3.8, 4) is 5.75 Å². The average molecular weight is 277 g/mol. The largest absolute Gasteiger partial charge is 0.496 e. The predicted molar refractivity (Wildman–Crippen MR) is 76.8 cm³/mol. The summed E-state index contributed by atoms with van der Waals surface area (Å²) in [6.07, 6.45) is 0. The fraction of sp³-hybridized carbons (Fsp3) is 0.0714. The summed E-state index contributed by atoms with van der Waals surface area (Å²) in [6.45, 7) is 0. The minimum absolute atomic E-state index is 0.301. The first-order valence-corrected chi connectivity index (χ1v) is 5.99. The molecule has 19 heavy (non-hydrogen) atoms. The monoisotopic (exact) mass is 276 g/mol. The Hall–Kier alpha value is -2.20. The zero-order chi connectivity index (χ0) is 13.8. The Labute approximate surface area is 116 Å². The third kappa shape index (κ3) is 2.98. The van der Waals surface area contributed by atoms with Crippen LogP contribution < -0.4 is 15.8 Å². The number of ether oxygens (including phenoxy) is 1. The summed E-state index contributed by atoms with van der Waals surface area (Å²) in [4.78, 5) is 12.2. The molecule has 0 aliphatic carbocycles. The van der Waals surface area contributed by atoms with Gasteiger partial charge in [-0.2, -0.15) is 0 Å². The van der Waals surface area contributed by atoms with Gasteiger partial charge in [0, 0.05) is 11.8 Å². The van der Waals surface area contributed by atoms with Gasteiger partial charge in [0.1, 0.15) is 5.75 Å². The molecule has 0 bridgehead atoms. The van der Waals surface area contributed by atoms with E-state index in [0.717, 1.165) is 0 Å². The number of halogens is 1. The Kier molecular flexibility index (Phi) is 3.92. The van der Waals surface area contributed by atoms with Crippen LogP contribution >= 0.6 is 11.6 Å². The van der Waals surface area contributed by atoms with E-state index in [1.54, 1.807) is 42.5 Å². The quantitative estimate of drug-likeness (QED) is 0.846. The van der Waals surface area contributed by atoms with Crippen LogP contribution in [-0.2, 0) is 0 Å². The third-order valence-electron chi connectivity index (χ3n) is 2.59. The Morgan fingerprint density at radius 2 is 2.00 bits per heavy atom. The van der Waals surface area contributed by atoms with Gasteiger partial charge in [-0.3, -0.25) is 4.79 Å². The van der Waals surface area contributed by atoms with Crippen LogP contribution in [-0.4, -0.2) is 13.0 Å². The SMILES string of the molecule is COc1cc(N)ccc1C(=O)Nc1ccccc1Cl. The molecule has 2 aromatic rings. The van der Waals surface area contributed by atoms with Crippen molar-refractivity contribution in [1.29, 1.82) is 0 Å². The number of anilines is 2. The molecule has 0 aliphatic rings. The zero-order valence-electron chi connectivity index (χ0n) is 10.3. The maximum absolute atomic E-state index is 12.2. The number of nitrogens with one attached hydrogen (secondary N) is 1. The van der Waals surface area contributed by atoms with Crippen molar-refractivity contribution < 1.29 is 9.53 Å². The second-order valence-electron chi connectivity index (χ2n) is 3.89. The fourth-order valence-corrected chi connectivity index (χ4v) is 1.83. The molecule has 0 radical (unpaired) electrons. The van der Waals surface area contributed by atoms with Crippen LogP contribution in [0.25, 0.3) is 0 Å². The number of nitrogens with two attached hydrogens (primary N) is 1. The van der Waals surface area contributed by atoms with Gasteiger partial charge in [-0.05, 0) is 24.3 Å². The molecule has 0 saturated carbocycles. The van der Waals surface area contributed by atoms with E-state index in [0.29, 0.717) is 27.7 Å². The standard InChI is InChI=1S/C14H13ClN2O2/c1-19-13-8-9(16)6-7-10(13)14(18)17-12-5-3-2-4-11(12)15/h2-8H,16H2,1H3,(H,17,18). The molecule has 0 saturated heterocycles. The third-order valence-corrected chi connectivity index (χ3v) is 2.92. The summed E-state index contributed by atoms with van der Waals surface area (Å²) in [5, 5.41) is 3.21. The van der Waals surface area contributed by atoms with Gasteiger partial charge in [-0.25, -0.2) is 0 Å². The highest BCUT2D eigenvalue weighted by Crippen LogP contribution is 2.25. The van der Waals surface area contributed by atoms with Gasteiger partial charge in [-0.1, -0.05) is 23.7 Å². The summed E-state index contributed by atoms with van der Waals surface area (Å²) >= 11 is 5.99. The van der Waals surface area contributed by atoms with Gasteiger partial charge in [0.15, 0.2) is 0 Å². The Balaban J connectivity index is 2.28. The van der Waals surface area contributed by atoms with E-state index in [4.69, 9.17) is 22.1 Å². The summed E-state index contributed by atoms with van der Waals surface area (Å²) < 4.78 is 5.14. The highest BCUT2D eigenvalue weighted by Gasteiger charge is 2.13. The van der Waals surface area contributed by atoms with Crippen LogP contribution in [0, 0.1) is 0 Å². The summed E-state index contributed by atoms with van der Waals surface area (Å²) in [5.74, 6) is 0.120. The molecule has 1 amide bonds. The second-order valence-corrected chi connectivity index (χ2v) is 4.30. The molecule has 0 heterocycles. The normalized spacial score (nSPS) is 10.0. The summed E-state index contributed by atoms with van der Waals surface area (Å²) in [5.41, 5.74) is 7.13. The molecule has 0 unspecified atom stereocenters. The Morgan fingerprint density at radius 3 is 2.68 bits per heavy atom. The van der Waals surface area contributed by atoms with Gasteiger partial charge in [0.05, 0.1) is 23.4 Å². The maximum atomic E-state index is 12.2. The first kappa shape index (κ1) is 13.2. The Bertz CT molecular complexity index is 614. The minimum Gasteiger partial charge on any atom is -0.496 e.